The summed E-state index contributed by atoms with van der Waals surface area (Å²) < 4.78 is 5.53. The number of benzene rings is 1. The Morgan fingerprint density at radius 2 is 2.25 bits per heavy atom. The van der Waals surface area contributed by atoms with Crippen LogP contribution in [0.5, 0.6) is 0 Å². The molecule has 1 saturated heterocycles. The van der Waals surface area contributed by atoms with Crippen LogP contribution in [0.2, 0.25) is 0 Å². The van der Waals surface area contributed by atoms with Crippen LogP contribution >= 0.6 is 0 Å². The van der Waals surface area contributed by atoms with Gasteiger partial charge in [-0.05, 0) is 31.9 Å². The predicted molar refractivity (Wildman–Crippen MR) is 67.7 cm³/mol. The summed E-state index contributed by atoms with van der Waals surface area (Å²) in [7, 11) is 0. The van der Waals surface area contributed by atoms with E-state index in [1.807, 2.05) is 25.1 Å². The molecule has 2 N–H and O–H groups in total. The van der Waals surface area contributed by atoms with Gasteiger partial charge in [-0.25, -0.2) is 0 Å². The van der Waals surface area contributed by atoms with Gasteiger partial charge in [-0.15, -0.1) is 0 Å². The largest absolute Gasteiger partial charge is 0.397 e. The molecule has 3 nitrogen and oxygen atoms in total. The molecule has 0 unspecified atom stereocenters. The molecule has 1 atom stereocenters. The molecule has 1 aliphatic heterocycles. The molecule has 16 heavy (non-hydrogen) atoms. The molecule has 1 heterocycles. The van der Waals surface area contributed by atoms with Crippen LogP contribution in [0.25, 0.3) is 0 Å². The van der Waals surface area contributed by atoms with Gasteiger partial charge in [-0.3, -0.25) is 0 Å². The van der Waals surface area contributed by atoms with E-state index in [4.69, 9.17) is 10.5 Å². The molecule has 88 valence electrons. The minimum Gasteiger partial charge on any atom is -0.397 e. The minimum atomic E-state index is 0.490. The zero-order chi connectivity index (χ0) is 11.4. The zero-order valence-electron chi connectivity index (χ0n) is 9.86. The molecule has 1 fully saturated rings. The SMILES string of the molecule is CCOC[C@@H]1CCCN1c1ccccc1N. The van der Waals surface area contributed by atoms with Crippen molar-refractivity contribution < 1.29 is 4.74 Å². The van der Waals surface area contributed by atoms with Crippen LogP contribution in [0.15, 0.2) is 24.3 Å². The third-order valence-electron chi connectivity index (χ3n) is 3.14. The molecule has 1 aromatic rings. The van der Waals surface area contributed by atoms with E-state index in [1.165, 1.54) is 12.8 Å². The lowest BCUT2D eigenvalue weighted by Crippen LogP contribution is -2.33. The second-order valence-corrected chi connectivity index (χ2v) is 4.21. The molecule has 0 aliphatic carbocycles. The summed E-state index contributed by atoms with van der Waals surface area (Å²) in [6.07, 6.45) is 2.43. The average Bonchev–Trinajstić information content (AvgIpc) is 2.75. The maximum Gasteiger partial charge on any atom is 0.0669 e. The number of anilines is 2. The quantitative estimate of drug-likeness (QED) is 0.791. The van der Waals surface area contributed by atoms with E-state index in [0.717, 1.165) is 31.1 Å². The number of nitrogens with zero attached hydrogens (tertiary/aromatic N) is 1. The van der Waals surface area contributed by atoms with Crippen molar-refractivity contribution in [3.63, 3.8) is 0 Å². The van der Waals surface area contributed by atoms with Gasteiger partial charge in [0.1, 0.15) is 0 Å². The van der Waals surface area contributed by atoms with E-state index in [2.05, 4.69) is 11.0 Å². The van der Waals surface area contributed by atoms with Gasteiger partial charge in [0.25, 0.3) is 0 Å². The number of rotatable bonds is 4. The Labute approximate surface area is 97.2 Å². The third-order valence-corrected chi connectivity index (χ3v) is 3.14. The van der Waals surface area contributed by atoms with E-state index in [-0.39, 0.29) is 0 Å². The lowest BCUT2D eigenvalue weighted by molar-refractivity contribution is 0.134. The first kappa shape index (κ1) is 11.3. The van der Waals surface area contributed by atoms with Crippen molar-refractivity contribution in [3.05, 3.63) is 24.3 Å². The molecule has 0 spiro atoms. The summed E-state index contributed by atoms with van der Waals surface area (Å²) in [5, 5.41) is 0. The molecular formula is C13H20N2O. The average molecular weight is 220 g/mol. The highest BCUT2D eigenvalue weighted by atomic mass is 16.5. The normalized spacial score (nSPS) is 20.3. The van der Waals surface area contributed by atoms with Crippen LogP contribution in [-0.2, 0) is 4.74 Å². The van der Waals surface area contributed by atoms with Crippen LogP contribution in [0.1, 0.15) is 19.8 Å². The van der Waals surface area contributed by atoms with Crippen LogP contribution < -0.4 is 10.6 Å². The number of hydrogen-bond donors (Lipinski definition) is 1. The predicted octanol–water partition coefficient (Wildman–Crippen LogP) is 2.27. The minimum absolute atomic E-state index is 0.490. The van der Waals surface area contributed by atoms with Crippen molar-refractivity contribution in [1.29, 1.82) is 0 Å². The smallest absolute Gasteiger partial charge is 0.0669 e. The van der Waals surface area contributed by atoms with E-state index in [9.17, 15) is 0 Å². The number of nitrogens with two attached hydrogens (primary N) is 1. The molecule has 1 aromatic carbocycles. The highest BCUT2D eigenvalue weighted by molar-refractivity contribution is 5.68. The molecule has 0 radical (unpaired) electrons. The first-order valence-corrected chi connectivity index (χ1v) is 6.02. The first-order chi connectivity index (χ1) is 7.83. The van der Waals surface area contributed by atoms with Gasteiger partial charge in [0.05, 0.1) is 24.0 Å². The van der Waals surface area contributed by atoms with Gasteiger partial charge in [-0.2, -0.15) is 0 Å². The van der Waals surface area contributed by atoms with E-state index in [0.29, 0.717) is 6.04 Å². The van der Waals surface area contributed by atoms with Crippen LogP contribution in [-0.4, -0.2) is 25.8 Å². The molecule has 0 saturated carbocycles. The van der Waals surface area contributed by atoms with Gasteiger partial charge in [0.2, 0.25) is 0 Å². The Bertz CT molecular complexity index is 340. The summed E-state index contributed by atoms with van der Waals surface area (Å²) in [4.78, 5) is 2.38. The lowest BCUT2D eigenvalue weighted by Gasteiger charge is -2.27. The number of nitrogen functional groups attached to an aromatic ring is 1. The summed E-state index contributed by atoms with van der Waals surface area (Å²) in [6.45, 7) is 4.72. The molecular weight excluding hydrogens is 200 g/mol. The van der Waals surface area contributed by atoms with Gasteiger partial charge in [-0.1, -0.05) is 12.1 Å². The highest BCUT2D eigenvalue weighted by Gasteiger charge is 2.25. The van der Waals surface area contributed by atoms with Crippen molar-refractivity contribution in [2.45, 2.75) is 25.8 Å². The van der Waals surface area contributed by atoms with E-state index < -0.39 is 0 Å². The Morgan fingerprint density at radius 1 is 1.44 bits per heavy atom. The first-order valence-electron chi connectivity index (χ1n) is 6.02. The Hall–Kier alpha value is -1.22. The lowest BCUT2D eigenvalue weighted by atomic mass is 10.2. The molecule has 0 amide bonds. The topological polar surface area (TPSA) is 38.5 Å². The Morgan fingerprint density at radius 3 is 3.00 bits per heavy atom. The zero-order valence-corrected chi connectivity index (χ0v) is 9.86. The van der Waals surface area contributed by atoms with E-state index in [1.54, 1.807) is 0 Å². The van der Waals surface area contributed by atoms with Gasteiger partial charge >= 0.3 is 0 Å². The number of para-hydroxylation sites is 2. The highest BCUT2D eigenvalue weighted by Crippen LogP contribution is 2.30. The van der Waals surface area contributed by atoms with Crippen molar-refractivity contribution in [3.8, 4) is 0 Å². The fourth-order valence-corrected chi connectivity index (χ4v) is 2.33. The molecule has 3 heteroatoms. The van der Waals surface area contributed by atoms with Crippen molar-refractivity contribution in [1.82, 2.24) is 0 Å². The summed E-state index contributed by atoms with van der Waals surface area (Å²) in [6, 6.07) is 8.57. The van der Waals surface area contributed by atoms with Gasteiger partial charge < -0.3 is 15.4 Å². The maximum absolute atomic E-state index is 6.01. The van der Waals surface area contributed by atoms with Crippen LogP contribution in [0.3, 0.4) is 0 Å². The van der Waals surface area contributed by atoms with Crippen molar-refractivity contribution >= 4 is 11.4 Å². The molecule has 2 rings (SSSR count). The summed E-state index contributed by atoms with van der Waals surface area (Å²) in [5.41, 5.74) is 8.03. The monoisotopic (exact) mass is 220 g/mol. The maximum atomic E-state index is 6.01. The molecule has 0 bridgehead atoms. The fourth-order valence-electron chi connectivity index (χ4n) is 2.33. The fraction of sp³-hybridized carbons (Fsp3) is 0.538. The standard InChI is InChI=1S/C13H20N2O/c1-2-16-10-11-6-5-9-15(11)13-8-4-3-7-12(13)14/h3-4,7-8,11H,2,5-6,9-10,14H2,1H3/t11-/m0/s1. The van der Waals surface area contributed by atoms with Gasteiger partial charge in [0, 0.05) is 13.2 Å². The van der Waals surface area contributed by atoms with Crippen LogP contribution in [0, 0.1) is 0 Å². The van der Waals surface area contributed by atoms with Crippen LogP contribution in [0.4, 0.5) is 11.4 Å². The summed E-state index contributed by atoms with van der Waals surface area (Å²) >= 11 is 0. The third kappa shape index (κ3) is 2.30. The number of hydrogen-bond acceptors (Lipinski definition) is 3. The van der Waals surface area contributed by atoms with E-state index >= 15 is 0 Å². The second-order valence-electron chi connectivity index (χ2n) is 4.21. The Balaban J connectivity index is 2.10. The summed E-state index contributed by atoms with van der Waals surface area (Å²) in [5.74, 6) is 0. The van der Waals surface area contributed by atoms with Crippen molar-refractivity contribution in [2.75, 3.05) is 30.4 Å². The second kappa shape index (κ2) is 5.21. The van der Waals surface area contributed by atoms with Gasteiger partial charge in [0.15, 0.2) is 0 Å². The molecule has 0 aromatic heterocycles. The number of ether oxygens (including phenoxy) is 1. The Kier molecular flexibility index (Phi) is 3.67. The molecule has 1 aliphatic rings. The van der Waals surface area contributed by atoms with Crippen molar-refractivity contribution in [2.24, 2.45) is 0 Å².